The lowest BCUT2D eigenvalue weighted by molar-refractivity contribution is -0.141. The maximum Gasteiger partial charge on any atom is 0.306 e. The van der Waals surface area contributed by atoms with E-state index in [1.165, 1.54) is 0 Å². The molecule has 0 saturated heterocycles. The Kier molecular flexibility index (Phi) is 4.40. The molecule has 0 heterocycles. The standard InChI is InChI=1S/C12H14F2O2/c1-2-3-8(12(15)16)6-9-7-10(13)4-5-11(9)14/h4-5,7-8H,2-3,6H2,1H3,(H,15,16). The number of aliphatic carboxylic acids is 1. The lowest BCUT2D eigenvalue weighted by Crippen LogP contribution is -2.17. The van der Waals surface area contributed by atoms with Gasteiger partial charge in [-0.3, -0.25) is 4.79 Å². The number of carboxylic acids is 1. The molecule has 88 valence electrons. The second-order valence-electron chi connectivity index (χ2n) is 3.76. The smallest absolute Gasteiger partial charge is 0.306 e. The molecule has 1 unspecified atom stereocenters. The molecule has 0 fully saturated rings. The van der Waals surface area contributed by atoms with E-state index >= 15 is 0 Å². The third kappa shape index (κ3) is 3.29. The molecule has 1 aromatic carbocycles. The van der Waals surface area contributed by atoms with Crippen LogP contribution < -0.4 is 0 Å². The van der Waals surface area contributed by atoms with Gasteiger partial charge in [0.2, 0.25) is 0 Å². The highest BCUT2D eigenvalue weighted by atomic mass is 19.1. The highest BCUT2D eigenvalue weighted by Gasteiger charge is 2.18. The van der Waals surface area contributed by atoms with Crippen molar-refractivity contribution in [1.82, 2.24) is 0 Å². The maximum atomic E-state index is 13.3. The first-order valence-corrected chi connectivity index (χ1v) is 5.21. The van der Waals surface area contributed by atoms with Crippen molar-refractivity contribution < 1.29 is 18.7 Å². The van der Waals surface area contributed by atoms with E-state index in [4.69, 9.17) is 5.11 Å². The van der Waals surface area contributed by atoms with Crippen LogP contribution in [0.3, 0.4) is 0 Å². The van der Waals surface area contributed by atoms with Crippen LogP contribution in [0.1, 0.15) is 25.3 Å². The predicted octanol–water partition coefficient (Wildman–Crippen LogP) is 3.01. The minimum atomic E-state index is -0.967. The number of carboxylic acid groups (broad SMARTS) is 1. The van der Waals surface area contributed by atoms with E-state index in [1.54, 1.807) is 0 Å². The Balaban J connectivity index is 2.84. The number of rotatable bonds is 5. The number of hydrogen-bond donors (Lipinski definition) is 1. The summed E-state index contributed by atoms with van der Waals surface area (Å²) in [5.41, 5.74) is 0.126. The van der Waals surface area contributed by atoms with E-state index in [9.17, 15) is 13.6 Å². The van der Waals surface area contributed by atoms with Crippen LogP contribution in [-0.4, -0.2) is 11.1 Å². The molecule has 1 aromatic rings. The van der Waals surface area contributed by atoms with Gasteiger partial charge in [0.15, 0.2) is 0 Å². The zero-order valence-corrected chi connectivity index (χ0v) is 9.04. The van der Waals surface area contributed by atoms with E-state index in [2.05, 4.69) is 0 Å². The Labute approximate surface area is 92.9 Å². The molecule has 0 aromatic heterocycles. The van der Waals surface area contributed by atoms with Crippen molar-refractivity contribution in [3.8, 4) is 0 Å². The summed E-state index contributed by atoms with van der Waals surface area (Å²) in [6.07, 6.45) is 1.20. The fourth-order valence-electron chi connectivity index (χ4n) is 1.63. The normalized spacial score (nSPS) is 12.4. The van der Waals surface area contributed by atoms with Crippen LogP contribution in [0.2, 0.25) is 0 Å². The quantitative estimate of drug-likeness (QED) is 0.841. The van der Waals surface area contributed by atoms with Gasteiger partial charge in [-0.05, 0) is 36.6 Å². The molecule has 0 radical (unpaired) electrons. The Morgan fingerprint density at radius 3 is 2.69 bits per heavy atom. The van der Waals surface area contributed by atoms with Gasteiger partial charge < -0.3 is 5.11 Å². The molecular formula is C12H14F2O2. The van der Waals surface area contributed by atoms with Crippen molar-refractivity contribution in [1.29, 1.82) is 0 Å². The molecule has 1 rings (SSSR count). The third-order valence-corrected chi connectivity index (χ3v) is 2.46. The average Bonchev–Trinajstić information content (AvgIpc) is 2.22. The van der Waals surface area contributed by atoms with Crippen molar-refractivity contribution in [2.45, 2.75) is 26.2 Å². The van der Waals surface area contributed by atoms with Gasteiger partial charge in [0.25, 0.3) is 0 Å². The number of halogens is 2. The van der Waals surface area contributed by atoms with Gasteiger partial charge in [0.05, 0.1) is 5.92 Å². The van der Waals surface area contributed by atoms with E-state index < -0.39 is 23.5 Å². The molecule has 0 spiro atoms. The van der Waals surface area contributed by atoms with Crippen molar-refractivity contribution in [2.24, 2.45) is 5.92 Å². The Hall–Kier alpha value is -1.45. The molecule has 1 atom stereocenters. The maximum absolute atomic E-state index is 13.3. The number of carbonyl (C=O) groups is 1. The minimum Gasteiger partial charge on any atom is -0.481 e. The Bertz CT molecular complexity index is 377. The second-order valence-corrected chi connectivity index (χ2v) is 3.76. The van der Waals surface area contributed by atoms with Gasteiger partial charge >= 0.3 is 5.97 Å². The molecule has 0 bridgehead atoms. The molecule has 2 nitrogen and oxygen atoms in total. The van der Waals surface area contributed by atoms with E-state index in [1.807, 2.05) is 6.92 Å². The van der Waals surface area contributed by atoms with Gasteiger partial charge in [0, 0.05) is 0 Å². The number of benzene rings is 1. The van der Waals surface area contributed by atoms with Crippen LogP contribution in [0.15, 0.2) is 18.2 Å². The molecule has 0 aliphatic heterocycles. The van der Waals surface area contributed by atoms with Crippen molar-refractivity contribution >= 4 is 5.97 Å². The first kappa shape index (κ1) is 12.6. The van der Waals surface area contributed by atoms with E-state index in [-0.39, 0.29) is 12.0 Å². The molecular weight excluding hydrogens is 214 g/mol. The SMILES string of the molecule is CCCC(Cc1cc(F)ccc1F)C(=O)O. The number of hydrogen-bond acceptors (Lipinski definition) is 1. The van der Waals surface area contributed by atoms with Crippen LogP contribution in [-0.2, 0) is 11.2 Å². The van der Waals surface area contributed by atoms with Crippen molar-refractivity contribution in [3.05, 3.63) is 35.4 Å². The summed E-state index contributed by atoms with van der Waals surface area (Å²) in [4.78, 5) is 10.9. The highest BCUT2D eigenvalue weighted by Crippen LogP contribution is 2.18. The largest absolute Gasteiger partial charge is 0.481 e. The molecule has 0 amide bonds. The predicted molar refractivity (Wildman–Crippen MR) is 56.1 cm³/mol. The summed E-state index contributed by atoms with van der Waals surface area (Å²) in [7, 11) is 0. The summed E-state index contributed by atoms with van der Waals surface area (Å²) in [5.74, 6) is -2.72. The van der Waals surface area contributed by atoms with Gasteiger partial charge in [-0.15, -0.1) is 0 Å². The zero-order chi connectivity index (χ0) is 12.1. The van der Waals surface area contributed by atoms with Crippen LogP contribution >= 0.6 is 0 Å². The van der Waals surface area contributed by atoms with E-state index in [0.717, 1.165) is 18.2 Å². The third-order valence-electron chi connectivity index (χ3n) is 2.46. The van der Waals surface area contributed by atoms with Gasteiger partial charge in [-0.2, -0.15) is 0 Å². The average molecular weight is 228 g/mol. The monoisotopic (exact) mass is 228 g/mol. The topological polar surface area (TPSA) is 37.3 Å². The summed E-state index contributed by atoms with van der Waals surface area (Å²) in [5, 5.41) is 8.91. The molecule has 0 aliphatic rings. The molecule has 1 N–H and O–H groups in total. The second kappa shape index (κ2) is 5.58. The highest BCUT2D eigenvalue weighted by molar-refractivity contribution is 5.70. The molecule has 0 aliphatic carbocycles. The molecule has 16 heavy (non-hydrogen) atoms. The van der Waals surface area contributed by atoms with E-state index in [0.29, 0.717) is 12.8 Å². The first-order valence-electron chi connectivity index (χ1n) is 5.21. The van der Waals surface area contributed by atoms with Crippen LogP contribution in [0.25, 0.3) is 0 Å². The lowest BCUT2D eigenvalue weighted by Gasteiger charge is -2.11. The van der Waals surface area contributed by atoms with Crippen LogP contribution in [0.4, 0.5) is 8.78 Å². The zero-order valence-electron chi connectivity index (χ0n) is 9.04. The summed E-state index contributed by atoms with van der Waals surface area (Å²) in [6, 6.07) is 3.10. The van der Waals surface area contributed by atoms with Gasteiger partial charge in [-0.1, -0.05) is 13.3 Å². The Morgan fingerprint density at radius 2 is 2.12 bits per heavy atom. The lowest BCUT2D eigenvalue weighted by atomic mass is 9.95. The summed E-state index contributed by atoms with van der Waals surface area (Å²) in [6.45, 7) is 1.86. The fraction of sp³-hybridized carbons (Fsp3) is 0.417. The minimum absolute atomic E-state index is 0.0345. The molecule has 0 saturated carbocycles. The van der Waals surface area contributed by atoms with Crippen LogP contribution in [0, 0.1) is 17.6 Å². The van der Waals surface area contributed by atoms with Crippen LogP contribution in [0.5, 0.6) is 0 Å². The first-order chi connectivity index (χ1) is 7.54. The van der Waals surface area contributed by atoms with Gasteiger partial charge in [0.1, 0.15) is 11.6 Å². The summed E-state index contributed by atoms with van der Waals surface area (Å²) < 4.78 is 26.1. The fourth-order valence-corrected chi connectivity index (χ4v) is 1.63. The van der Waals surface area contributed by atoms with Crippen molar-refractivity contribution in [2.75, 3.05) is 0 Å². The summed E-state index contributed by atoms with van der Waals surface area (Å²) >= 11 is 0. The Morgan fingerprint density at radius 1 is 1.44 bits per heavy atom. The van der Waals surface area contributed by atoms with Crippen molar-refractivity contribution in [3.63, 3.8) is 0 Å². The van der Waals surface area contributed by atoms with Gasteiger partial charge in [-0.25, -0.2) is 8.78 Å². The molecule has 4 heteroatoms.